The largest absolute Gasteiger partial charge is 0.383 e. The Morgan fingerprint density at radius 3 is 2.65 bits per heavy atom. The van der Waals surface area contributed by atoms with Crippen LogP contribution in [-0.2, 0) is 4.74 Å². The second-order valence-electron chi connectivity index (χ2n) is 5.50. The Hall–Kier alpha value is -0.120. The number of methoxy groups -OCH3 is 1. The average molecular weight is 242 g/mol. The van der Waals surface area contributed by atoms with Gasteiger partial charge in [-0.15, -0.1) is 0 Å². The molecule has 0 aromatic rings. The van der Waals surface area contributed by atoms with Gasteiger partial charge in [0.2, 0.25) is 0 Å². The minimum atomic E-state index is 0.560. The molecular formula is C14H30N2O. The van der Waals surface area contributed by atoms with Crippen LogP contribution in [0.15, 0.2) is 0 Å². The van der Waals surface area contributed by atoms with E-state index < -0.39 is 0 Å². The van der Waals surface area contributed by atoms with Gasteiger partial charge in [0.15, 0.2) is 0 Å². The van der Waals surface area contributed by atoms with Crippen LogP contribution < -0.4 is 5.32 Å². The number of nitrogens with one attached hydrogen (secondary N) is 1. The van der Waals surface area contributed by atoms with Crippen LogP contribution in [0, 0.1) is 5.92 Å². The highest BCUT2D eigenvalue weighted by Crippen LogP contribution is 2.19. The summed E-state index contributed by atoms with van der Waals surface area (Å²) in [4.78, 5) is 2.68. The summed E-state index contributed by atoms with van der Waals surface area (Å²) in [6.45, 7) is 11.3. The normalized spacial score (nSPS) is 23.3. The van der Waals surface area contributed by atoms with Gasteiger partial charge >= 0.3 is 0 Å². The molecule has 3 nitrogen and oxygen atoms in total. The van der Waals surface area contributed by atoms with E-state index >= 15 is 0 Å². The number of nitrogens with zero attached hydrogens (tertiary/aromatic N) is 1. The number of hydrogen-bond acceptors (Lipinski definition) is 3. The summed E-state index contributed by atoms with van der Waals surface area (Å²) in [6, 6.07) is 1.26. The van der Waals surface area contributed by atoms with Gasteiger partial charge in [-0.1, -0.05) is 20.8 Å². The van der Waals surface area contributed by atoms with Gasteiger partial charge in [-0.2, -0.15) is 0 Å². The van der Waals surface area contributed by atoms with E-state index in [1.807, 2.05) is 7.11 Å². The van der Waals surface area contributed by atoms with Crippen LogP contribution >= 0.6 is 0 Å². The van der Waals surface area contributed by atoms with E-state index in [0.29, 0.717) is 18.0 Å². The topological polar surface area (TPSA) is 24.5 Å². The van der Waals surface area contributed by atoms with Crippen LogP contribution in [0.2, 0.25) is 0 Å². The lowest BCUT2D eigenvalue weighted by atomic mass is 9.97. The fourth-order valence-electron chi connectivity index (χ4n) is 2.84. The third-order valence-electron chi connectivity index (χ3n) is 3.75. The third-order valence-corrected chi connectivity index (χ3v) is 3.75. The Balaban J connectivity index is 2.65. The highest BCUT2D eigenvalue weighted by molar-refractivity contribution is 4.84. The van der Waals surface area contributed by atoms with Crippen molar-refractivity contribution >= 4 is 0 Å². The van der Waals surface area contributed by atoms with Gasteiger partial charge in [0.05, 0.1) is 6.61 Å². The summed E-state index contributed by atoms with van der Waals surface area (Å²) < 4.78 is 5.42. The Bertz CT molecular complexity index is 191. The first-order valence-corrected chi connectivity index (χ1v) is 7.16. The van der Waals surface area contributed by atoms with Crippen LogP contribution in [0.5, 0.6) is 0 Å². The van der Waals surface area contributed by atoms with Crippen LogP contribution in [0.1, 0.15) is 40.0 Å². The molecule has 102 valence electrons. The molecule has 0 saturated carbocycles. The van der Waals surface area contributed by atoms with Crippen LogP contribution in [0.3, 0.4) is 0 Å². The predicted molar refractivity (Wildman–Crippen MR) is 73.4 cm³/mol. The second-order valence-corrected chi connectivity index (χ2v) is 5.50. The van der Waals surface area contributed by atoms with Crippen molar-refractivity contribution in [2.45, 2.75) is 52.1 Å². The first-order valence-electron chi connectivity index (χ1n) is 7.16. The summed E-state index contributed by atoms with van der Waals surface area (Å²) >= 11 is 0. The molecule has 1 aliphatic rings. The lowest BCUT2D eigenvalue weighted by Gasteiger charge is -2.41. The number of rotatable bonds is 7. The average Bonchev–Trinajstić information content (AvgIpc) is 2.34. The predicted octanol–water partition coefficient (Wildman–Crippen LogP) is 2.12. The van der Waals surface area contributed by atoms with Crippen LogP contribution in [0.4, 0.5) is 0 Å². The van der Waals surface area contributed by atoms with Gasteiger partial charge in [0.25, 0.3) is 0 Å². The molecule has 2 atom stereocenters. The maximum absolute atomic E-state index is 5.42. The zero-order valence-corrected chi connectivity index (χ0v) is 12.0. The quantitative estimate of drug-likeness (QED) is 0.740. The maximum atomic E-state index is 5.42. The van der Waals surface area contributed by atoms with E-state index in [-0.39, 0.29) is 0 Å². The molecule has 0 amide bonds. The second kappa shape index (κ2) is 8.06. The van der Waals surface area contributed by atoms with Crippen molar-refractivity contribution in [3.8, 4) is 0 Å². The van der Waals surface area contributed by atoms with Crippen molar-refractivity contribution in [1.82, 2.24) is 10.2 Å². The first kappa shape index (κ1) is 14.9. The summed E-state index contributed by atoms with van der Waals surface area (Å²) in [5.41, 5.74) is 0. The number of piperidine rings is 1. The molecule has 1 rings (SSSR count). The number of ether oxygens (including phenoxy) is 1. The van der Waals surface area contributed by atoms with E-state index in [9.17, 15) is 0 Å². The summed E-state index contributed by atoms with van der Waals surface area (Å²) in [5, 5.41) is 3.53. The molecule has 2 unspecified atom stereocenters. The minimum absolute atomic E-state index is 0.560. The van der Waals surface area contributed by atoms with Crippen molar-refractivity contribution in [3.63, 3.8) is 0 Å². The molecule has 1 fully saturated rings. The van der Waals surface area contributed by atoms with Gasteiger partial charge in [0, 0.05) is 25.7 Å². The standard InChI is InChI=1S/C14H30N2O/c1-5-9-16(13-7-6-8-15-10-13)14(11-17-4)12(2)3/h12-15H,5-11H2,1-4H3. The van der Waals surface area contributed by atoms with Gasteiger partial charge in [-0.3, -0.25) is 4.90 Å². The molecule has 17 heavy (non-hydrogen) atoms. The molecular weight excluding hydrogens is 212 g/mol. The first-order chi connectivity index (χ1) is 8.20. The van der Waals surface area contributed by atoms with E-state index in [1.54, 1.807) is 0 Å². The van der Waals surface area contributed by atoms with Crippen molar-refractivity contribution < 1.29 is 4.74 Å². The van der Waals surface area contributed by atoms with Crippen molar-refractivity contribution in [2.75, 3.05) is 33.4 Å². The smallest absolute Gasteiger partial charge is 0.0620 e. The highest BCUT2D eigenvalue weighted by Gasteiger charge is 2.28. The minimum Gasteiger partial charge on any atom is -0.383 e. The van der Waals surface area contributed by atoms with Crippen LogP contribution in [0.25, 0.3) is 0 Å². The van der Waals surface area contributed by atoms with Gasteiger partial charge < -0.3 is 10.1 Å². The molecule has 3 heteroatoms. The van der Waals surface area contributed by atoms with Gasteiger partial charge in [-0.05, 0) is 38.3 Å². The lowest BCUT2D eigenvalue weighted by molar-refractivity contribution is 0.0284. The molecule has 0 aliphatic carbocycles. The summed E-state index contributed by atoms with van der Waals surface area (Å²) in [6.07, 6.45) is 3.87. The molecule has 0 spiro atoms. The Kier molecular flexibility index (Phi) is 7.09. The van der Waals surface area contributed by atoms with E-state index in [0.717, 1.165) is 13.2 Å². The van der Waals surface area contributed by atoms with Crippen molar-refractivity contribution in [1.29, 1.82) is 0 Å². The van der Waals surface area contributed by atoms with E-state index in [1.165, 1.54) is 32.4 Å². The van der Waals surface area contributed by atoms with Gasteiger partial charge in [0.1, 0.15) is 0 Å². The molecule has 1 N–H and O–H groups in total. The fraction of sp³-hybridized carbons (Fsp3) is 1.00. The molecule has 0 radical (unpaired) electrons. The van der Waals surface area contributed by atoms with E-state index in [2.05, 4.69) is 31.0 Å². The highest BCUT2D eigenvalue weighted by atomic mass is 16.5. The van der Waals surface area contributed by atoms with Gasteiger partial charge in [-0.25, -0.2) is 0 Å². The monoisotopic (exact) mass is 242 g/mol. The van der Waals surface area contributed by atoms with Crippen molar-refractivity contribution in [3.05, 3.63) is 0 Å². The third kappa shape index (κ3) is 4.57. The summed E-state index contributed by atoms with van der Waals surface area (Å²) in [5.74, 6) is 0.656. The van der Waals surface area contributed by atoms with E-state index in [4.69, 9.17) is 4.74 Å². The Morgan fingerprint density at radius 1 is 1.41 bits per heavy atom. The lowest BCUT2D eigenvalue weighted by Crippen LogP contribution is -2.53. The molecule has 0 bridgehead atoms. The van der Waals surface area contributed by atoms with Crippen LogP contribution in [-0.4, -0.2) is 50.3 Å². The Morgan fingerprint density at radius 2 is 2.18 bits per heavy atom. The molecule has 1 aliphatic heterocycles. The zero-order chi connectivity index (χ0) is 12.7. The molecule has 1 saturated heterocycles. The summed E-state index contributed by atoms with van der Waals surface area (Å²) in [7, 11) is 1.82. The Labute approximate surface area is 107 Å². The SMILES string of the molecule is CCCN(C1CCCNC1)C(COC)C(C)C. The molecule has 1 heterocycles. The molecule has 0 aromatic heterocycles. The van der Waals surface area contributed by atoms with Crippen molar-refractivity contribution in [2.24, 2.45) is 5.92 Å². The zero-order valence-electron chi connectivity index (χ0n) is 12.0. The molecule has 0 aromatic carbocycles. The maximum Gasteiger partial charge on any atom is 0.0620 e. The fourth-order valence-corrected chi connectivity index (χ4v) is 2.84. The number of hydrogen-bond donors (Lipinski definition) is 1.